The van der Waals surface area contributed by atoms with Crippen LogP contribution >= 0.6 is 0 Å². The van der Waals surface area contributed by atoms with Gasteiger partial charge in [0, 0.05) is 5.92 Å². The fourth-order valence-corrected chi connectivity index (χ4v) is 6.33. The molecular formula is C19H27FO3. The summed E-state index contributed by atoms with van der Waals surface area (Å²) < 4.78 is 14.2. The second kappa shape index (κ2) is 4.89. The van der Waals surface area contributed by atoms with E-state index in [4.69, 9.17) is 0 Å². The molecule has 0 bridgehead atoms. The summed E-state index contributed by atoms with van der Waals surface area (Å²) in [5, 5.41) is 20.3. The molecule has 2 N–H and O–H groups in total. The number of allylic oxidation sites excluding steroid dienone is 1. The van der Waals surface area contributed by atoms with Gasteiger partial charge in [-0.1, -0.05) is 19.4 Å². The highest BCUT2D eigenvalue weighted by Gasteiger charge is 2.63. The molecule has 23 heavy (non-hydrogen) atoms. The summed E-state index contributed by atoms with van der Waals surface area (Å²) in [5.41, 5.74) is 0.589. The van der Waals surface area contributed by atoms with Crippen LogP contribution in [0.15, 0.2) is 11.6 Å². The molecule has 4 heteroatoms. The number of halogens is 1. The van der Waals surface area contributed by atoms with Gasteiger partial charge in [-0.25, -0.2) is 4.39 Å². The number of aliphatic hydroxyl groups excluding tert-OH is 2. The predicted octanol–water partition coefficient (Wildman–Crippen LogP) is 2.80. The number of carbonyl (C=O) groups is 1. The number of rotatable bonds is 0. The molecule has 0 saturated heterocycles. The molecule has 0 aliphatic heterocycles. The lowest BCUT2D eigenvalue weighted by Gasteiger charge is -2.56. The van der Waals surface area contributed by atoms with Crippen molar-refractivity contribution in [2.24, 2.45) is 28.6 Å². The van der Waals surface area contributed by atoms with Gasteiger partial charge in [-0.2, -0.15) is 0 Å². The molecule has 3 nitrogen and oxygen atoms in total. The Kier molecular flexibility index (Phi) is 3.35. The summed E-state index contributed by atoms with van der Waals surface area (Å²) in [7, 11) is 0. The first-order valence-corrected chi connectivity index (χ1v) is 9.02. The van der Waals surface area contributed by atoms with Crippen molar-refractivity contribution >= 4 is 5.78 Å². The smallest absolute Gasteiger partial charge is 0.159 e. The van der Waals surface area contributed by atoms with E-state index >= 15 is 0 Å². The van der Waals surface area contributed by atoms with Gasteiger partial charge in [-0.05, 0) is 67.3 Å². The maximum absolute atomic E-state index is 14.2. The highest BCUT2D eigenvalue weighted by molar-refractivity contribution is 5.94. The molecule has 4 aliphatic carbocycles. The standard InChI is InChI=1S/C19H27FO3/c1-18-5-3-11(21)7-10(18)8-15(22)16-12(18)4-6-19(2)13(16)9-14(20)17(19)23/h8,11-14,16-17,21,23H,3-7,9H2,1-2H3/t11?,12-,13+,14?,16-,17?,18+,19+/m1/s1. The third kappa shape index (κ3) is 1.97. The van der Waals surface area contributed by atoms with Gasteiger partial charge in [-0.15, -0.1) is 0 Å². The van der Waals surface area contributed by atoms with Crippen molar-refractivity contribution in [3.05, 3.63) is 11.6 Å². The summed E-state index contributed by atoms with van der Waals surface area (Å²) in [6.45, 7) is 4.20. The van der Waals surface area contributed by atoms with Crippen molar-refractivity contribution in [2.45, 2.75) is 70.8 Å². The van der Waals surface area contributed by atoms with Gasteiger partial charge in [0.15, 0.2) is 5.78 Å². The highest BCUT2D eigenvalue weighted by atomic mass is 19.1. The SMILES string of the molecule is C[C@]12CCC(O)CC1=CC(=O)[C@@H]1[C@H]2CC[C@]2(C)C(O)C(F)C[C@@H]12. The quantitative estimate of drug-likeness (QED) is 0.721. The molecule has 0 amide bonds. The minimum atomic E-state index is -1.21. The Hall–Kier alpha value is -0.740. The van der Waals surface area contributed by atoms with Gasteiger partial charge in [0.1, 0.15) is 6.17 Å². The molecule has 0 aromatic carbocycles. The molecule has 3 saturated carbocycles. The van der Waals surface area contributed by atoms with Gasteiger partial charge in [0.25, 0.3) is 0 Å². The van der Waals surface area contributed by atoms with E-state index in [0.29, 0.717) is 12.8 Å². The third-order valence-corrected chi connectivity index (χ3v) is 7.85. The van der Waals surface area contributed by atoms with Crippen LogP contribution in [-0.2, 0) is 4.79 Å². The molecule has 0 radical (unpaired) electrons. The van der Waals surface area contributed by atoms with Crippen molar-refractivity contribution in [3.8, 4) is 0 Å². The first-order valence-electron chi connectivity index (χ1n) is 9.02. The fraction of sp³-hybridized carbons (Fsp3) is 0.842. The summed E-state index contributed by atoms with van der Waals surface area (Å²) in [4.78, 5) is 12.9. The molecule has 0 spiro atoms. The zero-order valence-corrected chi connectivity index (χ0v) is 14.0. The lowest BCUT2D eigenvalue weighted by molar-refractivity contribution is -0.136. The Bertz CT molecular complexity index is 573. The number of carbonyl (C=O) groups excluding carboxylic acids is 1. The summed E-state index contributed by atoms with van der Waals surface area (Å²) in [6.07, 6.45) is 3.53. The van der Waals surface area contributed by atoms with Crippen molar-refractivity contribution < 1.29 is 19.4 Å². The number of hydrogen-bond acceptors (Lipinski definition) is 3. The molecule has 4 aliphatic rings. The maximum Gasteiger partial charge on any atom is 0.159 e. The Morgan fingerprint density at radius 1 is 1.17 bits per heavy atom. The highest BCUT2D eigenvalue weighted by Crippen LogP contribution is 2.64. The second-order valence-corrected chi connectivity index (χ2v) is 8.87. The van der Waals surface area contributed by atoms with Crippen molar-refractivity contribution in [1.29, 1.82) is 0 Å². The average molecular weight is 322 g/mol. The van der Waals surface area contributed by atoms with Gasteiger partial charge in [-0.3, -0.25) is 4.79 Å². The first kappa shape index (κ1) is 15.8. The van der Waals surface area contributed by atoms with Crippen LogP contribution in [0.4, 0.5) is 4.39 Å². The van der Waals surface area contributed by atoms with Crippen LogP contribution in [0.25, 0.3) is 0 Å². The van der Waals surface area contributed by atoms with Gasteiger partial charge in [0.05, 0.1) is 12.2 Å². The van der Waals surface area contributed by atoms with Crippen LogP contribution < -0.4 is 0 Å². The molecule has 3 fully saturated rings. The second-order valence-electron chi connectivity index (χ2n) is 8.87. The van der Waals surface area contributed by atoms with Crippen molar-refractivity contribution in [3.63, 3.8) is 0 Å². The third-order valence-electron chi connectivity index (χ3n) is 7.85. The minimum Gasteiger partial charge on any atom is -0.393 e. The van der Waals surface area contributed by atoms with Crippen LogP contribution in [0.3, 0.4) is 0 Å². The molecule has 3 unspecified atom stereocenters. The fourth-order valence-electron chi connectivity index (χ4n) is 6.33. The first-order chi connectivity index (χ1) is 10.8. The molecule has 0 aromatic rings. The molecule has 8 atom stereocenters. The number of alkyl halides is 1. The van der Waals surface area contributed by atoms with Gasteiger partial charge < -0.3 is 10.2 Å². The lowest BCUT2D eigenvalue weighted by Crippen LogP contribution is -2.54. The minimum absolute atomic E-state index is 0.0432. The Labute approximate surface area is 137 Å². The van der Waals surface area contributed by atoms with E-state index < -0.39 is 17.7 Å². The van der Waals surface area contributed by atoms with Crippen LogP contribution in [-0.4, -0.2) is 34.4 Å². The number of fused-ring (bicyclic) bond motifs is 5. The van der Waals surface area contributed by atoms with E-state index in [2.05, 4.69) is 6.92 Å². The molecular weight excluding hydrogens is 295 g/mol. The van der Waals surface area contributed by atoms with E-state index in [9.17, 15) is 19.4 Å². The van der Waals surface area contributed by atoms with Crippen molar-refractivity contribution in [1.82, 2.24) is 0 Å². The lowest BCUT2D eigenvalue weighted by atomic mass is 9.47. The van der Waals surface area contributed by atoms with Crippen LogP contribution in [0.2, 0.25) is 0 Å². The normalized spacial score (nSPS) is 55.7. The maximum atomic E-state index is 14.2. The molecule has 4 rings (SSSR count). The molecule has 0 heterocycles. The van der Waals surface area contributed by atoms with E-state index in [1.165, 1.54) is 0 Å². The summed E-state index contributed by atoms with van der Waals surface area (Å²) >= 11 is 0. The Balaban J connectivity index is 1.75. The number of ketones is 1. The topological polar surface area (TPSA) is 57.5 Å². The number of hydrogen-bond donors (Lipinski definition) is 2. The van der Waals surface area contributed by atoms with Crippen LogP contribution in [0.1, 0.15) is 52.4 Å². The van der Waals surface area contributed by atoms with E-state index in [1.807, 2.05) is 6.92 Å². The summed E-state index contributed by atoms with van der Waals surface area (Å²) in [5.74, 6) is 0.125. The Morgan fingerprint density at radius 3 is 2.65 bits per heavy atom. The zero-order valence-electron chi connectivity index (χ0n) is 14.0. The van der Waals surface area contributed by atoms with Crippen LogP contribution in [0.5, 0.6) is 0 Å². The monoisotopic (exact) mass is 322 g/mol. The Morgan fingerprint density at radius 2 is 1.91 bits per heavy atom. The molecule has 0 aromatic heterocycles. The van der Waals surface area contributed by atoms with Crippen molar-refractivity contribution in [2.75, 3.05) is 0 Å². The van der Waals surface area contributed by atoms with E-state index in [1.54, 1.807) is 6.08 Å². The van der Waals surface area contributed by atoms with Gasteiger partial charge in [0.2, 0.25) is 0 Å². The van der Waals surface area contributed by atoms with E-state index in [0.717, 1.165) is 31.3 Å². The predicted molar refractivity (Wildman–Crippen MR) is 84.4 cm³/mol. The largest absolute Gasteiger partial charge is 0.393 e. The van der Waals surface area contributed by atoms with Gasteiger partial charge >= 0.3 is 0 Å². The van der Waals surface area contributed by atoms with Crippen LogP contribution in [0, 0.1) is 28.6 Å². The zero-order chi connectivity index (χ0) is 16.6. The molecule has 128 valence electrons. The average Bonchev–Trinajstić information content (AvgIpc) is 2.73. The number of aliphatic hydroxyl groups is 2. The van der Waals surface area contributed by atoms with E-state index in [-0.39, 0.29) is 35.1 Å². The summed E-state index contributed by atoms with van der Waals surface area (Å²) in [6, 6.07) is 0.